The third-order valence-corrected chi connectivity index (χ3v) is 2.28. The number of halogens is 2. The molecule has 0 radical (unpaired) electrons. The van der Waals surface area contributed by atoms with E-state index in [2.05, 4.69) is 31.9 Å². The molecule has 1 rings (SSSR count). The Kier molecular flexibility index (Phi) is 2.51. The lowest BCUT2D eigenvalue weighted by atomic mass is 10.3. The number of allylic oxidation sites excluding steroid dienone is 2. The van der Waals surface area contributed by atoms with Gasteiger partial charge >= 0.3 is 0 Å². The van der Waals surface area contributed by atoms with Crippen LogP contribution in [0, 0.1) is 0 Å². The van der Waals surface area contributed by atoms with Crippen molar-refractivity contribution in [1.29, 1.82) is 0 Å². The maximum atomic E-state index is 5.60. The fourth-order valence-corrected chi connectivity index (χ4v) is 1.89. The van der Waals surface area contributed by atoms with Crippen LogP contribution >= 0.6 is 31.9 Å². The predicted octanol–water partition coefficient (Wildman–Crippen LogP) is 0.976. The lowest BCUT2D eigenvalue weighted by Gasteiger charge is -2.25. The van der Waals surface area contributed by atoms with Gasteiger partial charge in [-0.15, -0.1) is 0 Å². The van der Waals surface area contributed by atoms with Crippen LogP contribution in [0.5, 0.6) is 0 Å². The van der Waals surface area contributed by atoms with Gasteiger partial charge in [0.05, 0.1) is 0 Å². The van der Waals surface area contributed by atoms with Crippen LogP contribution in [0.3, 0.4) is 0 Å². The quantitative estimate of drug-likeness (QED) is 0.644. The Balaban J connectivity index is 2.85. The van der Waals surface area contributed by atoms with Gasteiger partial charge in [0.2, 0.25) is 0 Å². The largest absolute Gasteiger partial charge is 0.306 e. The van der Waals surface area contributed by atoms with E-state index in [1.165, 1.54) is 5.01 Å². The van der Waals surface area contributed by atoms with Crippen LogP contribution in [0.2, 0.25) is 0 Å². The van der Waals surface area contributed by atoms with Crippen molar-refractivity contribution in [3.63, 3.8) is 0 Å². The highest BCUT2D eigenvalue weighted by atomic mass is 79.9. The van der Waals surface area contributed by atoms with Crippen molar-refractivity contribution in [2.45, 2.75) is 6.17 Å². The van der Waals surface area contributed by atoms with Crippen molar-refractivity contribution < 1.29 is 0 Å². The molecule has 0 spiro atoms. The molecule has 5 heteroatoms. The zero-order chi connectivity index (χ0) is 7.72. The maximum absolute atomic E-state index is 5.60. The van der Waals surface area contributed by atoms with Gasteiger partial charge in [-0.3, -0.25) is 5.01 Å². The van der Waals surface area contributed by atoms with Gasteiger partial charge in [0.25, 0.3) is 0 Å². The monoisotopic (exact) mass is 267 g/mol. The van der Waals surface area contributed by atoms with Gasteiger partial charge in [0.1, 0.15) is 6.17 Å². The molecule has 1 atom stereocenters. The van der Waals surface area contributed by atoms with Gasteiger partial charge < -0.3 is 5.73 Å². The van der Waals surface area contributed by atoms with Crippen LogP contribution in [0.4, 0.5) is 0 Å². The lowest BCUT2D eigenvalue weighted by Crippen LogP contribution is -2.44. The summed E-state index contributed by atoms with van der Waals surface area (Å²) in [5.74, 6) is 5.49. The number of hydrogen-bond acceptors (Lipinski definition) is 3. The smallest absolute Gasteiger partial charge is 0.124 e. The van der Waals surface area contributed by atoms with Gasteiger partial charge in [0.15, 0.2) is 0 Å². The number of rotatable bonds is 0. The van der Waals surface area contributed by atoms with Crippen LogP contribution in [0.15, 0.2) is 21.2 Å². The zero-order valence-corrected chi connectivity index (χ0v) is 8.26. The summed E-state index contributed by atoms with van der Waals surface area (Å²) in [5.41, 5.74) is 5.60. The van der Waals surface area contributed by atoms with Crippen molar-refractivity contribution in [2.75, 3.05) is 0 Å². The predicted molar refractivity (Wildman–Crippen MR) is 48.0 cm³/mol. The molecule has 0 aliphatic carbocycles. The molecule has 0 aromatic rings. The van der Waals surface area contributed by atoms with Crippen LogP contribution in [0.25, 0.3) is 0 Å². The van der Waals surface area contributed by atoms with Crippen molar-refractivity contribution in [2.24, 2.45) is 11.6 Å². The average Bonchev–Trinajstić information content (AvgIpc) is 1.82. The van der Waals surface area contributed by atoms with E-state index < -0.39 is 0 Å². The molecule has 0 bridgehead atoms. The van der Waals surface area contributed by atoms with Crippen molar-refractivity contribution >= 4 is 31.9 Å². The standard InChI is InChI=1S/C5H7Br2N3/c6-3-1-4(7)5(8)10(9)2-3/h1-2,5H,8-9H2. The second-order valence-electron chi connectivity index (χ2n) is 1.94. The highest BCUT2D eigenvalue weighted by molar-refractivity contribution is 9.12. The molecule has 0 aromatic heterocycles. The average molecular weight is 269 g/mol. The van der Waals surface area contributed by atoms with E-state index in [0.717, 1.165) is 8.96 Å². The fourth-order valence-electron chi connectivity index (χ4n) is 0.619. The Hall–Kier alpha value is 0.160. The highest BCUT2D eigenvalue weighted by Crippen LogP contribution is 2.22. The second kappa shape index (κ2) is 3.04. The van der Waals surface area contributed by atoms with Gasteiger partial charge in [0, 0.05) is 15.2 Å². The normalized spacial score (nSPS) is 26.0. The summed E-state index contributed by atoms with van der Waals surface area (Å²) in [7, 11) is 0. The van der Waals surface area contributed by atoms with Gasteiger partial charge in [-0.1, -0.05) is 15.9 Å². The third kappa shape index (κ3) is 1.60. The van der Waals surface area contributed by atoms with E-state index in [1.807, 2.05) is 6.08 Å². The Morgan fingerprint density at radius 2 is 2.10 bits per heavy atom. The van der Waals surface area contributed by atoms with Crippen LogP contribution < -0.4 is 11.6 Å². The molecule has 1 aliphatic heterocycles. The summed E-state index contributed by atoms with van der Waals surface area (Å²) in [5, 5.41) is 1.42. The molecule has 3 nitrogen and oxygen atoms in total. The SMILES string of the molecule is NC1C(Br)=CC(Br)=CN1N. The molecule has 0 aromatic carbocycles. The molecule has 1 aliphatic rings. The summed E-state index contributed by atoms with van der Waals surface area (Å²) >= 11 is 6.55. The van der Waals surface area contributed by atoms with E-state index in [9.17, 15) is 0 Å². The minimum atomic E-state index is -0.263. The number of hydrazine groups is 1. The van der Waals surface area contributed by atoms with Gasteiger partial charge in [-0.25, -0.2) is 5.84 Å². The molecule has 0 saturated heterocycles. The first kappa shape index (κ1) is 8.26. The van der Waals surface area contributed by atoms with Crippen molar-refractivity contribution in [1.82, 2.24) is 5.01 Å². The van der Waals surface area contributed by atoms with E-state index in [1.54, 1.807) is 6.20 Å². The second-order valence-corrected chi connectivity index (χ2v) is 3.77. The summed E-state index contributed by atoms with van der Waals surface area (Å²) in [6.45, 7) is 0. The molecule has 0 saturated carbocycles. The Morgan fingerprint density at radius 3 is 2.60 bits per heavy atom. The number of nitrogens with two attached hydrogens (primary N) is 2. The van der Waals surface area contributed by atoms with Crippen LogP contribution in [0.1, 0.15) is 0 Å². The third-order valence-electron chi connectivity index (χ3n) is 1.15. The molecule has 0 fully saturated rings. The first-order valence-corrected chi connectivity index (χ1v) is 4.23. The van der Waals surface area contributed by atoms with Crippen LogP contribution in [-0.2, 0) is 0 Å². The van der Waals surface area contributed by atoms with E-state index in [4.69, 9.17) is 11.6 Å². The first-order chi connectivity index (χ1) is 4.61. The fraction of sp³-hybridized carbons (Fsp3) is 0.200. The summed E-state index contributed by atoms with van der Waals surface area (Å²) in [4.78, 5) is 0. The van der Waals surface area contributed by atoms with Crippen LogP contribution in [-0.4, -0.2) is 11.2 Å². The molecule has 1 heterocycles. The van der Waals surface area contributed by atoms with E-state index in [0.29, 0.717) is 0 Å². The number of nitrogens with zero attached hydrogens (tertiary/aromatic N) is 1. The molecule has 56 valence electrons. The molecule has 1 unspecified atom stereocenters. The van der Waals surface area contributed by atoms with Gasteiger partial charge in [-0.05, 0) is 22.0 Å². The van der Waals surface area contributed by atoms with Gasteiger partial charge in [-0.2, -0.15) is 0 Å². The van der Waals surface area contributed by atoms with Crippen molar-refractivity contribution in [3.8, 4) is 0 Å². The molecular weight excluding hydrogens is 262 g/mol. The summed E-state index contributed by atoms with van der Waals surface area (Å²) < 4.78 is 1.77. The Morgan fingerprint density at radius 1 is 1.50 bits per heavy atom. The molecular formula is C5H7Br2N3. The summed E-state index contributed by atoms with van der Waals surface area (Å²) in [6.07, 6.45) is 3.32. The summed E-state index contributed by atoms with van der Waals surface area (Å²) in [6, 6.07) is 0. The highest BCUT2D eigenvalue weighted by Gasteiger charge is 2.14. The number of hydrogen-bond donors (Lipinski definition) is 2. The van der Waals surface area contributed by atoms with E-state index in [-0.39, 0.29) is 6.17 Å². The van der Waals surface area contributed by atoms with Crippen molar-refractivity contribution in [3.05, 3.63) is 21.2 Å². The molecule has 4 N–H and O–H groups in total. The first-order valence-electron chi connectivity index (χ1n) is 2.64. The minimum Gasteiger partial charge on any atom is -0.306 e. The van der Waals surface area contributed by atoms with E-state index >= 15 is 0 Å². The Labute approximate surface area is 76.0 Å². The maximum Gasteiger partial charge on any atom is 0.124 e. The Bertz CT molecular complexity index is 199. The molecule has 0 amide bonds. The minimum absolute atomic E-state index is 0.263. The zero-order valence-electron chi connectivity index (χ0n) is 5.09. The molecule has 10 heavy (non-hydrogen) atoms. The lowest BCUT2D eigenvalue weighted by molar-refractivity contribution is 0.330. The topological polar surface area (TPSA) is 55.3 Å².